The fourth-order valence-electron chi connectivity index (χ4n) is 3.15. The van der Waals surface area contributed by atoms with Gasteiger partial charge in [-0.2, -0.15) is 0 Å². The zero-order valence-electron chi connectivity index (χ0n) is 12.6. The third-order valence-corrected chi connectivity index (χ3v) is 4.20. The van der Waals surface area contributed by atoms with Crippen molar-refractivity contribution in [3.8, 4) is 0 Å². The Bertz CT molecular complexity index is 496. The molecule has 0 spiro atoms. The number of aliphatic hydroxyl groups excluding tert-OH is 1. The van der Waals surface area contributed by atoms with Crippen LogP contribution >= 0.6 is 0 Å². The van der Waals surface area contributed by atoms with Crippen molar-refractivity contribution in [2.75, 3.05) is 18.1 Å². The highest BCUT2D eigenvalue weighted by atomic mass is 16.4. The summed E-state index contributed by atoms with van der Waals surface area (Å²) in [6.07, 6.45) is 5.98. The zero-order valence-corrected chi connectivity index (χ0v) is 12.6. The first-order valence-corrected chi connectivity index (χ1v) is 7.63. The van der Waals surface area contributed by atoms with Crippen molar-refractivity contribution in [1.29, 1.82) is 0 Å². The van der Waals surface area contributed by atoms with Gasteiger partial charge < -0.3 is 20.9 Å². The van der Waals surface area contributed by atoms with Crippen molar-refractivity contribution in [2.24, 2.45) is 10.9 Å². The van der Waals surface area contributed by atoms with Crippen LogP contribution in [-0.2, 0) is 0 Å². The summed E-state index contributed by atoms with van der Waals surface area (Å²) in [6, 6.07) is 6.30. The molecule has 0 unspecified atom stereocenters. The number of hydrogen-bond donors (Lipinski definition) is 3. The van der Waals surface area contributed by atoms with Gasteiger partial charge in [-0.3, -0.25) is 0 Å². The molecule has 0 aromatic heterocycles. The van der Waals surface area contributed by atoms with Gasteiger partial charge in [0.2, 0.25) is 0 Å². The number of rotatable bonds is 5. The van der Waals surface area contributed by atoms with Crippen molar-refractivity contribution in [3.05, 3.63) is 29.3 Å². The van der Waals surface area contributed by atoms with Crippen LogP contribution in [0, 0.1) is 6.92 Å². The molecule has 116 valence electrons. The first kappa shape index (κ1) is 15.6. The predicted octanol–water partition coefficient (Wildman–Crippen LogP) is 2.22. The van der Waals surface area contributed by atoms with Gasteiger partial charge in [-0.1, -0.05) is 30.5 Å². The summed E-state index contributed by atoms with van der Waals surface area (Å²) in [5, 5.41) is 21.6. The van der Waals surface area contributed by atoms with Crippen LogP contribution in [0.4, 0.5) is 5.69 Å². The minimum Gasteiger partial charge on any atom is -0.409 e. The summed E-state index contributed by atoms with van der Waals surface area (Å²) >= 11 is 0. The van der Waals surface area contributed by atoms with Gasteiger partial charge in [-0.05, 0) is 37.5 Å². The first-order valence-electron chi connectivity index (χ1n) is 7.63. The molecule has 1 aliphatic rings. The molecule has 1 aliphatic carbocycles. The summed E-state index contributed by atoms with van der Waals surface area (Å²) in [6.45, 7) is 2.69. The molecular weight excluding hydrogens is 266 g/mol. The number of nitrogens with two attached hydrogens (primary N) is 1. The molecule has 0 amide bonds. The lowest BCUT2D eigenvalue weighted by Gasteiger charge is -2.37. The van der Waals surface area contributed by atoms with Crippen LogP contribution in [0.1, 0.15) is 43.2 Å². The normalized spacial score (nSPS) is 17.0. The molecule has 0 atom stereocenters. The van der Waals surface area contributed by atoms with Gasteiger partial charge in [0.25, 0.3) is 0 Å². The minimum atomic E-state index is 0.0973. The fraction of sp³-hybridized carbons (Fsp3) is 0.562. The summed E-state index contributed by atoms with van der Waals surface area (Å²) in [4.78, 5) is 2.22. The molecule has 1 saturated carbocycles. The van der Waals surface area contributed by atoms with Crippen molar-refractivity contribution < 1.29 is 10.3 Å². The van der Waals surface area contributed by atoms with Crippen molar-refractivity contribution in [2.45, 2.75) is 45.1 Å². The monoisotopic (exact) mass is 291 g/mol. The third kappa shape index (κ3) is 3.67. The fourth-order valence-corrected chi connectivity index (χ4v) is 3.15. The van der Waals surface area contributed by atoms with Crippen LogP contribution in [0.15, 0.2) is 23.4 Å². The highest BCUT2D eigenvalue weighted by molar-refractivity contribution is 6.02. The number of nitrogens with zero attached hydrogens (tertiary/aromatic N) is 2. The maximum Gasteiger partial charge on any atom is 0.172 e. The zero-order chi connectivity index (χ0) is 15.2. The van der Waals surface area contributed by atoms with E-state index in [1.54, 1.807) is 0 Å². The second-order valence-electron chi connectivity index (χ2n) is 5.71. The van der Waals surface area contributed by atoms with E-state index in [-0.39, 0.29) is 12.4 Å². The highest BCUT2D eigenvalue weighted by Gasteiger charge is 2.24. The number of benzene rings is 1. The van der Waals surface area contributed by atoms with Crippen LogP contribution in [-0.4, -0.2) is 35.3 Å². The SMILES string of the molecule is Cc1ccc(C(N)=NO)c(N(CCO)C2CCCCC2)c1. The van der Waals surface area contributed by atoms with Crippen LogP contribution in [0.3, 0.4) is 0 Å². The summed E-state index contributed by atoms with van der Waals surface area (Å²) < 4.78 is 0. The Morgan fingerprint density at radius 3 is 2.67 bits per heavy atom. The number of amidine groups is 1. The van der Waals surface area contributed by atoms with Gasteiger partial charge in [-0.15, -0.1) is 0 Å². The summed E-state index contributed by atoms with van der Waals surface area (Å²) in [5.41, 5.74) is 8.62. The van der Waals surface area contributed by atoms with Gasteiger partial charge in [0, 0.05) is 23.8 Å². The molecule has 1 fully saturated rings. The van der Waals surface area contributed by atoms with E-state index in [4.69, 9.17) is 10.9 Å². The number of aliphatic hydroxyl groups is 1. The number of hydrogen-bond acceptors (Lipinski definition) is 4. The lowest BCUT2D eigenvalue weighted by atomic mass is 9.93. The van der Waals surface area contributed by atoms with Crippen molar-refractivity contribution in [1.82, 2.24) is 0 Å². The van der Waals surface area contributed by atoms with E-state index in [1.165, 1.54) is 19.3 Å². The lowest BCUT2D eigenvalue weighted by Crippen LogP contribution is -2.40. The highest BCUT2D eigenvalue weighted by Crippen LogP contribution is 2.30. The quantitative estimate of drug-likeness (QED) is 0.336. The largest absolute Gasteiger partial charge is 0.409 e. The Labute approximate surface area is 126 Å². The molecular formula is C16H25N3O2. The maximum absolute atomic E-state index is 9.43. The molecule has 2 rings (SSSR count). The molecule has 4 N–H and O–H groups in total. The maximum atomic E-state index is 9.43. The lowest BCUT2D eigenvalue weighted by molar-refractivity contribution is 0.290. The van der Waals surface area contributed by atoms with E-state index in [2.05, 4.69) is 16.1 Å². The predicted molar refractivity (Wildman–Crippen MR) is 85.0 cm³/mol. The van der Waals surface area contributed by atoms with E-state index < -0.39 is 0 Å². The van der Waals surface area contributed by atoms with E-state index in [0.717, 1.165) is 29.7 Å². The molecule has 5 nitrogen and oxygen atoms in total. The number of aryl methyl sites for hydroxylation is 1. The standard InChI is InChI=1S/C16H25N3O2/c1-12-7-8-14(16(17)18-21)15(11-12)19(9-10-20)13-5-3-2-4-6-13/h7-8,11,13,20-21H,2-6,9-10H2,1H3,(H2,17,18). The van der Waals surface area contributed by atoms with Gasteiger partial charge in [0.1, 0.15) is 0 Å². The molecule has 5 heteroatoms. The molecule has 0 bridgehead atoms. The van der Waals surface area contributed by atoms with Gasteiger partial charge in [0.05, 0.1) is 6.61 Å². The molecule has 0 aliphatic heterocycles. The van der Waals surface area contributed by atoms with E-state index in [0.29, 0.717) is 12.6 Å². The Balaban J connectivity index is 2.40. The summed E-state index contributed by atoms with van der Waals surface area (Å²) in [7, 11) is 0. The Hall–Kier alpha value is -1.75. The third-order valence-electron chi connectivity index (χ3n) is 4.20. The van der Waals surface area contributed by atoms with Crippen molar-refractivity contribution in [3.63, 3.8) is 0 Å². The average molecular weight is 291 g/mol. The Kier molecular flexibility index (Phi) is 5.44. The van der Waals surface area contributed by atoms with E-state index in [1.807, 2.05) is 19.1 Å². The van der Waals surface area contributed by atoms with Crippen LogP contribution in [0.2, 0.25) is 0 Å². The van der Waals surface area contributed by atoms with Crippen LogP contribution < -0.4 is 10.6 Å². The van der Waals surface area contributed by atoms with E-state index >= 15 is 0 Å². The molecule has 0 saturated heterocycles. The molecule has 0 radical (unpaired) electrons. The topological polar surface area (TPSA) is 82.1 Å². The van der Waals surface area contributed by atoms with Crippen LogP contribution in [0.25, 0.3) is 0 Å². The second-order valence-corrected chi connectivity index (χ2v) is 5.71. The van der Waals surface area contributed by atoms with Gasteiger partial charge in [0.15, 0.2) is 5.84 Å². The number of oxime groups is 1. The molecule has 1 aromatic carbocycles. The first-order chi connectivity index (χ1) is 10.2. The Morgan fingerprint density at radius 1 is 1.33 bits per heavy atom. The van der Waals surface area contributed by atoms with Crippen molar-refractivity contribution >= 4 is 11.5 Å². The van der Waals surface area contributed by atoms with E-state index in [9.17, 15) is 5.11 Å². The van der Waals surface area contributed by atoms with Crippen LogP contribution in [0.5, 0.6) is 0 Å². The van der Waals surface area contributed by atoms with Gasteiger partial charge >= 0.3 is 0 Å². The summed E-state index contributed by atoms with van der Waals surface area (Å²) in [5.74, 6) is 0.115. The number of anilines is 1. The molecule has 0 heterocycles. The Morgan fingerprint density at radius 2 is 2.05 bits per heavy atom. The average Bonchev–Trinajstić information content (AvgIpc) is 2.52. The molecule has 21 heavy (non-hydrogen) atoms. The smallest absolute Gasteiger partial charge is 0.172 e. The molecule has 1 aromatic rings. The second kappa shape index (κ2) is 7.31. The van der Waals surface area contributed by atoms with Gasteiger partial charge in [-0.25, -0.2) is 0 Å². The minimum absolute atomic E-state index is 0.0973.